The lowest BCUT2D eigenvalue weighted by molar-refractivity contribution is -0.152. The highest BCUT2D eigenvalue weighted by Crippen LogP contribution is 2.14. The molecule has 1 aromatic rings. The first-order valence-corrected chi connectivity index (χ1v) is 5.53. The average Bonchev–Trinajstić information content (AvgIpc) is 2.28. The summed E-state index contributed by atoms with van der Waals surface area (Å²) in [5.74, 6) is -0.0701. The van der Waals surface area contributed by atoms with Gasteiger partial charge in [0.15, 0.2) is 0 Å². The highest BCUT2D eigenvalue weighted by atomic mass is 16.5. The largest absolute Gasteiger partial charge is 0.461 e. The van der Waals surface area contributed by atoms with Crippen molar-refractivity contribution in [1.29, 1.82) is 0 Å². The molecule has 0 saturated heterocycles. The second kappa shape index (κ2) is 5.66. The maximum atomic E-state index is 11.7. The third-order valence-corrected chi connectivity index (χ3v) is 2.65. The zero-order chi connectivity index (χ0) is 12.1. The quantitative estimate of drug-likeness (QED) is 0.793. The summed E-state index contributed by atoms with van der Waals surface area (Å²) in [5, 5.41) is 0. The molecule has 0 fully saturated rings. The van der Waals surface area contributed by atoms with Crippen LogP contribution in [0.5, 0.6) is 0 Å². The number of rotatable bonds is 4. The number of esters is 1. The molecule has 3 nitrogen and oxygen atoms in total. The second-order valence-corrected chi connectivity index (χ2v) is 4.27. The van der Waals surface area contributed by atoms with Crippen molar-refractivity contribution in [2.75, 3.05) is 0 Å². The molecule has 0 aromatic heterocycles. The van der Waals surface area contributed by atoms with Crippen molar-refractivity contribution in [1.82, 2.24) is 0 Å². The van der Waals surface area contributed by atoms with E-state index < -0.39 is 6.04 Å². The van der Waals surface area contributed by atoms with Crippen molar-refractivity contribution < 1.29 is 9.53 Å². The van der Waals surface area contributed by atoms with Gasteiger partial charge < -0.3 is 10.5 Å². The van der Waals surface area contributed by atoms with Gasteiger partial charge >= 0.3 is 5.97 Å². The summed E-state index contributed by atoms with van der Waals surface area (Å²) in [6, 6.07) is 8.56. The van der Waals surface area contributed by atoms with Crippen LogP contribution in [-0.4, -0.2) is 12.1 Å². The molecule has 88 valence electrons. The third kappa shape index (κ3) is 3.35. The first-order chi connectivity index (χ1) is 7.52. The van der Waals surface area contributed by atoms with E-state index in [-0.39, 0.29) is 12.1 Å². The molecular weight excluding hydrogens is 202 g/mol. The summed E-state index contributed by atoms with van der Waals surface area (Å²) < 4.78 is 5.26. The summed E-state index contributed by atoms with van der Waals surface area (Å²) in [6.45, 7) is 5.89. The number of carbonyl (C=O) groups is 1. The van der Waals surface area contributed by atoms with E-state index >= 15 is 0 Å². The molecule has 2 N–H and O–H groups in total. The van der Waals surface area contributed by atoms with Crippen LogP contribution in [0, 0.1) is 5.92 Å². The van der Waals surface area contributed by atoms with Crippen molar-refractivity contribution in [2.24, 2.45) is 11.7 Å². The maximum Gasteiger partial charge on any atom is 0.327 e. The Bertz CT molecular complexity index is 335. The van der Waals surface area contributed by atoms with Gasteiger partial charge in [-0.1, -0.05) is 44.2 Å². The van der Waals surface area contributed by atoms with Crippen LogP contribution >= 0.6 is 0 Å². The minimum absolute atomic E-state index is 0.109. The molecule has 1 unspecified atom stereocenters. The molecule has 0 aliphatic rings. The number of hydrogen-bond acceptors (Lipinski definition) is 3. The van der Waals surface area contributed by atoms with Crippen molar-refractivity contribution in [2.45, 2.75) is 32.9 Å². The van der Waals surface area contributed by atoms with Crippen LogP contribution in [0.4, 0.5) is 0 Å². The Balaban J connectivity index is 2.62. The predicted molar refractivity (Wildman–Crippen MR) is 63.8 cm³/mol. The summed E-state index contributed by atoms with van der Waals surface area (Å²) >= 11 is 0. The first kappa shape index (κ1) is 12.7. The fourth-order valence-electron chi connectivity index (χ4n) is 1.19. The van der Waals surface area contributed by atoms with Crippen molar-refractivity contribution in [3.8, 4) is 0 Å². The number of carbonyl (C=O) groups excluding carboxylic acids is 1. The number of hydrogen-bond donors (Lipinski definition) is 1. The van der Waals surface area contributed by atoms with Crippen LogP contribution in [0.2, 0.25) is 0 Å². The van der Waals surface area contributed by atoms with Gasteiger partial charge in [-0.2, -0.15) is 0 Å². The zero-order valence-corrected chi connectivity index (χ0v) is 10.0. The van der Waals surface area contributed by atoms with Gasteiger partial charge in [0, 0.05) is 0 Å². The molecule has 0 saturated carbocycles. The van der Waals surface area contributed by atoms with E-state index in [1.807, 2.05) is 51.1 Å². The van der Waals surface area contributed by atoms with Gasteiger partial charge in [0.25, 0.3) is 0 Å². The Labute approximate surface area is 96.6 Å². The molecule has 0 spiro atoms. The lowest BCUT2D eigenvalue weighted by atomic mass is 10.1. The smallest absolute Gasteiger partial charge is 0.327 e. The van der Waals surface area contributed by atoms with Crippen molar-refractivity contribution >= 4 is 5.97 Å². The molecule has 0 amide bonds. The summed E-state index contributed by atoms with van der Waals surface area (Å²) in [7, 11) is 0. The molecule has 0 radical (unpaired) electrons. The third-order valence-electron chi connectivity index (χ3n) is 2.65. The van der Waals surface area contributed by atoms with Gasteiger partial charge in [-0.15, -0.1) is 0 Å². The molecule has 3 heteroatoms. The molecule has 16 heavy (non-hydrogen) atoms. The van der Waals surface area contributed by atoms with Gasteiger partial charge in [-0.25, -0.2) is 4.79 Å². The molecule has 0 aliphatic heterocycles. The maximum absolute atomic E-state index is 11.7. The molecule has 2 atom stereocenters. The van der Waals surface area contributed by atoms with Crippen LogP contribution < -0.4 is 5.73 Å². The second-order valence-electron chi connectivity index (χ2n) is 4.27. The van der Waals surface area contributed by atoms with Gasteiger partial charge in [0.2, 0.25) is 0 Å². The molecule has 1 aromatic carbocycles. The minimum atomic E-state index is -0.692. The Morgan fingerprint density at radius 1 is 1.19 bits per heavy atom. The van der Waals surface area contributed by atoms with E-state index in [4.69, 9.17) is 10.5 Å². The van der Waals surface area contributed by atoms with Gasteiger partial charge in [0.05, 0.1) is 0 Å². The minimum Gasteiger partial charge on any atom is -0.461 e. The topological polar surface area (TPSA) is 52.3 Å². The first-order valence-electron chi connectivity index (χ1n) is 5.53. The predicted octanol–water partition coefficient (Wildman–Crippen LogP) is 2.27. The summed E-state index contributed by atoms with van der Waals surface area (Å²) in [6.07, 6.45) is -0.109. The van der Waals surface area contributed by atoms with Gasteiger partial charge in [-0.3, -0.25) is 0 Å². The normalized spacial score (nSPS) is 14.6. The highest BCUT2D eigenvalue weighted by Gasteiger charge is 2.20. The fraction of sp³-hybridized carbons (Fsp3) is 0.462. The Morgan fingerprint density at radius 3 is 2.25 bits per heavy atom. The summed E-state index contributed by atoms with van der Waals surface area (Å²) in [4.78, 5) is 11.7. The summed E-state index contributed by atoms with van der Waals surface area (Å²) in [5.41, 5.74) is 6.59. The van der Waals surface area contributed by atoms with E-state index in [0.29, 0.717) is 5.92 Å². The monoisotopic (exact) mass is 221 g/mol. The van der Waals surface area contributed by atoms with E-state index in [0.717, 1.165) is 5.56 Å². The number of nitrogens with two attached hydrogens (primary N) is 1. The lowest BCUT2D eigenvalue weighted by Gasteiger charge is -2.19. The van der Waals surface area contributed by atoms with Crippen LogP contribution in [0.15, 0.2) is 30.3 Å². The SMILES string of the molecule is CC(C)C(C)OC(=O)[C@H](N)c1ccccc1. The Kier molecular flexibility index (Phi) is 4.50. The highest BCUT2D eigenvalue weighted by molar-refractivity contribution is 5.77. The zero-order valence-electron chi connectivity index (χ0n) is 10.0. The van der Waals surface area contributed by atoms with E-state index in [9.17, 15) is 4.79 Å². The van der Waals surface area contributed by atoms with E-state index in [1.165, 1.54) is 0 Å². The van der Waals surface area contributed by atoms with Gasteiger partial charge in [0.1, 0.15) is 12.1 Å². The van der Waals surface area contributed by atoms with Crippen molar-refractivity contribution in [3.05, 3.63) is 35.9 Å². The molecular formula is C13H19NO2. The van der Waals surface area contributed by atoms with Crippen LogP contribution in [0.1, 0.15) is 32.4 Å². The Hall–Kier alpha value is -1.35. The van der Waals surface area contributed by atoms with Crippen molar-refractivity contribution in [3.63, 3.8) is 0 Å². The lowest BCUT2D eigenvalue weighted by Crippen LogP contribution is -2.29. The van der Waals surface area contributed by atoms with E-state index in [2.05, 4.69) is 0 Å². The van der Waals surface area contributed by atoms with Crippen LogP contribution in [0.3, 0.4) is 0 Å². The number of benzene rings is 1. The van der Waals surface area contributed by atoms with Crippen LogP contribution in [0.25, 0.3) is 0 Å². The average molecular weight is 221 g/mol. The van der Waals surface area contributed by atoms with Gasteiger partial charge in [-0.05, 0) is 18.4 Å². The van der Waals surface area contributed by atoms with E-state index in [1.54, 1.807) is 0 Å². The number of ether oxygens (including phenoxy) is 1. The molecule has 1 rings (SSSR count). The Morgan fingerprint density at radius 2 is 1.75 bits per heavy atom. The van der Waals surface area contributed by atoms with Crippen LogP contribution in [-0.2, 0) is 9.53 Å². The molecule has 0 aliphatic carbocycles. The molecule has 0 heterocycles. The fourth-order valence-corrected chi connectivity index (χ4v) is 1.19. The molecule has 0 bridgehead atoms. The standard InChI is InChI=1S/C13H19NO2/c1-9(2)10(3)16-13(15)12(14)11-7-5-4-6-8-11/h4-10,12H,14H2,1-3H3/t10?,12-/m1/s1.